The standard InChI is InChI=1S/C22H33NO4/c1-8-26-21(24)19-16(6)23-17(7)20(22(25)27-9-2)18(19)13-15(5)12-10-11-14(3)4/h13-14H,8-12H2,1-7H3/b15-13+. The van der Waals surface area contributed by atoms with E-state index >= 15 is 0 Å². The normalized spacial score (nSPS) is 11.6. The van der Waals surface area contributed by atoms with Gasteiger partial charge in [0.2, 0.25) is 0 Å². The average molecular weight is 376 g/mol. The molecule has 1 heterocycles. The van der Waals surface area contributed by atoms with E-state index in [0.29, 0.717) is 34.0 Å². The van der Waals surface area contributed by atoms with E-state index in [-0.39, 0.29) is 13.2 Å². The Morgan fingerprint density at radius 1 is 1.00 bits per heavy atom. The summed E-state index contributed by atoms with van der Waals surface area (Å²) in [5.41, 5.74) is 3.46. The molecule has 0 N–H and O–H groups in total. The van der Waals surface area contributed by atoms with Crippen LogP contribution < -0.4 is 0 Å². The van der Waals surface area contributed by atoms with Crippen LogP contribution in [0.4, 0.5) is 0 Å². The van der Waals surface area contributed by atoms with Gasteiger partial charge in [0.25, 0.3) is 0 Å². The van der Waals surface area contributed by atoms with E-state index in [2.05, 4.69) is 18.8 Å². The third-order valence-electron chi connectivity index (χ3n) is 4.30. The Morgan fingerprint density at radius 2 is 1.48 bits per heavy atom. The summed E-state index contributed by atoms with van der Waals surface area (Å²) in [6.07, 6.45) is 5.02. The number of carbonyl (C=O) groups is 2. The van der Waals surface area contributed by atoms with E-state index in [9.17, 15) is 9.59 Å². The van der Waals surface area contributed by atoms with Crippen LogP contribution in [0.15, 0.2) is 5.57 Å². The smallest absolute Gasteiger partial charge is 0.340 e. The topological polar surface area (TPSA) is 65.5 Å². The summed E-state index contributed by atoms with van der Waals surface area (Å²) in [6, 6.07) is 0. The van der Waals surface area contributed by atoms with Crippen molar-refractivity contribution in [2.24, 2.45) is 5.92 Å². The zero-order valence-electron chi connectivity index (χ0n) is 17.8. The number of esters is 2. The quantitative estimate of drug-likeness (QED) is 0.549. The molecule has 5 nitrogen and oxygen atoms in total. The van der Waals surface area contributed by atoms with Gasteiger partial charge in [-0.3, -0.25) is 4.98 Å². The summed E-state index contributed by atoms with van der Waals surface area (Å²) in [5.74, 6) is -0.281. The lowest BCUT2D eigenvalue weighted by Gasteiger charge is -2.16. The van der Waals surface area contributed by atoms with E-state index < -0.39 is 11.9 Å². The molecular formula is C22H33NO4. The molecule has 0 radical (unpaired) electrons. The van der Waals surface area contributed by atoms with Crippen LogP contribution in [0.25, 0.3) is 6.08 Å². The summed E-state index contributed by atoms with van der Waals surface area (Å²) in [5, 5.41) is 0. The molecule has 0 aromatic carbocycles. The van der Waals surface area contributed by atoms with E-state index in [1.54, 1.807) is 27.7 Å². The van der Waals surface area contributed by atoms with E-state index in [4.69, 9.17) is 9.47 Å². The highest BCUT2D eigenvalue weighted by Crippen LogP contribution is 2.26. The number of rotatable bonds is 9. The van der Waals surface area contributed by atoms with Gasteiger partial charge in [0.15, 0.2) is 0 Å². The molecule has 0 aliphatic rings. The molecule has 1 aromatic heterocycles. The van der Waals surface area contributed by atoms with Crippen LogP contribution in [0.2, 0.25) is 0 Å². The van der Waals surface area contributed by atoms with Crippen molar-refractivity contribution in [2.75, 3.05) is 13.2 Å². The number of hydrogen-bond donors (Lipinski definition) is 0. The van der Waals surface area contributed by atoms with Crippen LogP contribution in [0.3, 0.4) is 0 Å². The predicted molar refractivity (Wildman–Crippen MR) is 108 cm³/mol. The van der Waals surface area contributed by atoms with Crippen LogP contribution in [-0.2, 0) is 9.47 Å². The first-order chi connectivity index (χ1) is 12.7. The van der Waals surface area contributed by atoms with Crippen molar-refractivity contribution in [3.63, 3.8) is 0 Å². The largest absolute Gasteiger partial charge is 0.462 e. The average Bonchev–Trinajstić information content (AvgIpc) is 2.54. The SMILES string of the molecule is CCOC(=O)c1c(C)nc(C)c(C(=O)OCC)c1/C=C(\C)CCCC(C)C. The van der Waals surface area contributed by atoms with Crippen molar-refractivity contribution in [3.05, 3.63) is 33.7 Å². The molecule has 0 unspecified atom stereocenters. The van der Waals surface area contributed by atoms with E-state index in [1.807, 2.05) is 13.0 Å². The second-order valence-electron chi connectivity index (χ2n) is 7.16. The predicted octanol–water partition coefficient (Wildman–Crippen LogP) is 5.28. The monoisotopic (exact) mass is 375 g/mol. The highest BCUT2D eigenvalue weighted by molar-refractivity contribution is 6.02. The first-order valence-electron chi connectivity index (χ1n) is 9.75. The van der Waals surface area contributed by atoms with E-state index in [1.165, 1.54) is 0 Å². The minimum atomic E-state index is -0.464. The van der Waals surface area contributed by atoms with Gasteiger partial charge in [0.1, 0.15) is 0 Å². The molecule has 0 aliphatic heterocycles. The lowest BCUT2D eigenvalue weighted by molar-refractivity contribution is 0.0522. The van der Waals surface area contributed by atoms with Crippen LogP contribution in [0.1, 0.15) is 91.5 Å². The van der Waals surface area contributed by atoms with Gasteiger partial charge in [-0.1, -0.05) is 31.9 Å². The maximum Gasteiger partial charge on any atom is 0.340 e. The molecule has 0 saturated carbocycles. The third kappa shape index (κ3) is 6.49. The van der Waals surface area contributed by atoms with Gasteiger partial charge in [-0.2, -0.15) is 0 Å². The van der Waals surface area contributed by atoms with Crippen molar-refractivity contribution < 1.29 is 19.1 Å². The number of pyridine rings is 1. The lowest BCUT2D eigenvalue weighted by atomic mass is 9.95. The first kappa shape index (κ1) is 22.9. The molecule has 5 heteroatoms. The van der Waals surface area contributed by atoms with Gasteiger partial charge in [0, 0.05) is 5.56 Å². The Bertz CT molecular complexity index is 663. The zero-order chi connectivity index (χ0) is 20.6. The van der Waals surface area contributed by atoms with Crippen LogP contribution in [-0.4, -0.2) is 30.1 Å². The van der Waals surface area contributed by atoms with Crippen molar-refractivity contribution in [1.82, 2.24) is 4.98 Å². The first-order valence-corrected chi connectivity index (χ1v) is 9.75. The molecule has 1 aromatic rings. The second kappa shape index (κ2) is 10.9. The van der Waals surface area contributed by atoms with Crippen LogP contribution >= 0.6 is 0 Å². The molecule has 0 aliphatic carbocycles. The summed E-state index contributed by atoms with van der Waals surface area (Å²) in [7, 11) is 0. The summed E-state index contributed by atoms with van der Waals surface area (Å²) >= 11 is 0. The Labute approximate surface area is 163 Å². The molecule has 0 bridgehead atoms. The van der Waals surface area contributed by atoms with Gasteiger partial charge in [-0.15, -0.1) is 0 Å². The molecule has 0 spiro atoms. The Kier molecular flexibility index (Phi) is 9.19. The summed E-state index contributed by atoms with van der Waals surface area (Å²) in [6.45, 7) is 14.0. The van der Waals surface area contributed by atoms with Gasteiger partial charge in [-0.05, 0) is 53.4 Å². The highest BCUT2D eigenvalue weighted by atomic mass is 16.5. The van der Waals surface area contributed by atoms with Gasteiger partial charge < -0.3 is 9.47 Å². The number of allylic oxidation sites excluding steroid dienone is 1. The maximum atomic E-state index is 12.6. The van der Waals surface area contributed by atoms with Crippen molar-refractivity contribution >= 4 is 18.0 Å². The number of hydrogen-bond acceptors (Lipinski definition) is 5. The highest BCUT2D eigenvalue weighted by Gasteiger charge is 2.25. The minimum absolute atomic E-state index is 0.261. The minimum Gasteiger partial charge on any atom is -0.462 e. The van der Waals surface area contributed by atoms with Crippen LogP contribution in [0, 0.1) is 19.8 Å². The van der Waals surface area contributed by atoms with Gasteiger partial charge in [-0.25, -0.2) is 9.59 Å². The van der Waals surface area contributed by atoms with Crippen molar-refractivity contribution in [2.45, 2.75) is 67.7 Å². The summed E-state index contributed by atoms with van der Waals surface area (Å²) in [4.78, 5) is 29.5. The van der Waals surface area contributed by atoms with E-state index in [0.717, 1.165) is 24.8 Å². The molecule has 150 valence electrons. The fourth-order valence-electron chi connectivity index (χ4n) is 3.05. The molecule has 1 rings (SSSR count). The molecule has 27 heavy (non-hydrogen) atoms. The number of aryl methyl sites for hydroxylation is 2. The summed E-state index contributed by atoms with van der Waals surface area (Å²) < 4.78 is 10.4. The maximum absolute atomic E-state index is 12.6. The van der Waals surface area contributed by atoms with Crippen LogP contribution in [0.5, 0.6) is 0 Å². The number of aromatic nitrogens is 1. The molecule has 0 atom stereocenters. The molecule has 0 fully saturated rings. The Balaban J connectivity index is 3.49. The zero-order valence-corrected chi connectivity index (χ0v) is 17.8. The Morgan fingerprint density at radius 3 is 1.89 bits per heavy atom. The molecular weight excluding hydrogens is 342 g/mol. The molecule has 0 saturated heterocycles. The third-order valence-corrected chi connectivity index (χ3v) is 4.30. The van der Waals surface area contributed by atoms with Gasteiger partial charge in [0.05, 0.1) is 35.7 Å². The second-order valence-corrected chi connectivity index (χ2v) is 7.16. The number of nitrogens with zero attached hydrogens (tertiary/aromatic N) is 1. The fourth-order valence-corrected chi connectivity index (χ4v) is 3.05. The van der Waals surface area contributed by atoms with Crippen molar-refractivity contribution in [3.8, 4) is 0 Å². The fraction of sp³-hybridized carbons (Fsp3) is 0.591. The lowest BCUT2D eigenvalue weighted by Crippen LogP contribution is -2.18. The molecule has 0 amide bonds. The number of carbonyl (C=O) groups excluding carboxylic acids is 2. The van der Waals surface area contributed by atoms with Gasteiger partial charge >= 0.3 is 11.9 Å². The Hall–Kier alpha value is -2.17. The number of ether oxygens (including phenoxy) is 2. The van der Waals surface area contributed by atoms with Crippen molar-refractivity contribution in [1.29, 1.82) is 0 Å².